The molecule has 19 heavy (non-hydrogen) atoms. The molecule has 1 rings (SSSR count). The van der Waals surface area contributed by atoms with Gasteiger partial charge in [-0.1, -0.05) is 0 Å². The molecule has 1 heterocycles. The SMILES string of the molecule is COC(=O)CN(C)c1cc(NCCN(C)C)ncn1. The molecule has 0 saturated heterocycles. The minimum absolute atomic E-state index is 0.157. The molecule has 0 amide bonds. The maximum absolute atomic E-state index is 11.2. The Morgan fingerprint density at radius 1 is 1.37 bits per heavy atom. The van der Waals surface area contributed by atoms with Gasteiger partial charge in [0.25, 0.3) is 0 Å². The lowest BCUT2D eigenvalue weighted by Gasteiger charge is -2.17. The van der Waals surface area contributed by atoms with Crippen molar-refractivity contribution in [1.82, 2.24) is 14.9 Å². The van der Waals surface area contributed by atoms with Crippen LogP contribution in [0.3, 0.4) is 0 Å². The zero-order valence-corrected chi connectivity index (χ0v) is 11.9. The monoisotopic (exact) mass is 267 g/mol. The average Bonchev–Trinajstić information content (AvgIpc) is 2.38. The number of hydrogen-bond donors (Lipinski definition) is 1. The standard InChI is InChI=1S/C12H21N5O2/c1-16(2)6-5-13-10-7-11(15-9-14-10)17(3)8-12(18)19-4/h7,9H,5-6,8H2,1-4H3,(H,13,14,15). The number of nitrogens with zero attached hydrogens (tertiary/aromatic N) is 4. The number of carbonyl (C=O) groups is 1. The number of anilines is 2. The molecule has 1 N–H and O–H groups in total. The van der Waals surface area contributed by atoms with E-state index in [1.807, 2.05) is 14.1 Å². The van der Waals surface area contributed by atoms with Crippen LogP contribution in [0.25, 0.3) is 0 Å². The molecule has 0 unspecified atom stereocenters. The van der Waals surface area contributed by atoms with Crippen LogP contribution in [-0.4, -0.2) is 68.7 Å². The highest BCUT2D eigenvalue weighted by Gasteiger charge is 2.09. The largest absolute Gasteiger partial charge is 0.468 e. The first-order valence-corrected chi connectivity index (χ1v) is 6.01. The van der Waals surface area contributed by atoms with E-state index in [-0.39, 0.29) is 12.5 Å². The third-order valence-corrected chi connectivity index (χ3v) is 2.50. The number of aromatic nitrogens is 2. The fraction of sp³-hybridized carbons (Fsp3) is 0.583. The normalized spacial score (nSPS) is 10.4. The first-order chi connectivity index (χ1) is 9.02. The Morgan fingerprint density at radius 2 is 2.11 bits per heavy atom. The van der Waals surface area contributed by atoms with Crippen molar-refractivity contribution < 1.29 is 9.53 Å². The van der Waals surface area contributed by atoms with Crippen molar-refractivity contribution in [2.24, 2.45) is 0 Å². The molecule has 7 nitrogen and oxygen atoms in total. The summed E-state index contributed by atoms with van der Waals surface area (Å²) in [6, 6.07) is 1.80. The molecule has 0 aliphatic carbocycles. The average molecular weight is 267 g/mol. The lowest BCUT2D eigenvalue weighted by molar-refractivity contribution is -0.138. The fourth-order valence-electron chi connectivity index (χ4n) is 1.40. The molecule has 0 aliphatic rings. The number of ether oxygens (including phenoxy) is 1. The zero-order valence-electron chi connectivity index (χ0n) is 11.9. The maximum Gasteiger partial charge on any atom is 0.325 e. The third-order valence-electron chi connectivity index (χ3n) is 2.50. The second-order valence-electron chi connectivity index (χ2n) is 4.42. The van der Waals surface area contributed by atoms with Gasteiger partial charge in [-0.3, -0.25) is 4.79 Å². The Morgan fingerprint density at radius 3 is 2.74 bits per heavy atom. The summed E-state index contributed by atoms with van der Waals surface area (Å²) in [6.45, 7) is 1.87. The molecule has 106 valence electrons. The van der Waals surface area contributed by atoms with Gasteiger partial charge in [0.05, 0.1) is 7.11 Å². The molecule has 0 bridgehead atoms. The molecule has 7 heteroatoms. The van der Waals surface area contributed by atoms with E-state index in [0.717, 1.165) is 18.9 Å². The van der Waals surface area contributed by atoms with Gasteiger partial charge < -0.3 is 19.9 Å². The van der Waals surface area contributed by atoms with E-state index >= 15 is 0 Å². The lowest BCUT2D eigenvalue weighted by atomic mass is 10.4. The van der Waals surface area contributed by atoms with Crippen molar-refractivity contribution in [1.29, 1.82) is 0 Å². The van der Waals surface area contributed by atoms with Crippen molar-refractivity contribution in [2.45, 2.75) is 0 Å². The summed E-state index contributed by atoms with van der Waals surface area (Å²) in [5.41, 5.74) is 0. The van der Waals surface area contributed by atoms with E-state index in [2.05, 4.69) is 24.9 Å². The summed E-state index contributed by atoms with van der Waals surface area (Å²) in [5, 5.41) is 3.20. The quantitative estimate of drug-likeness (QED) is 0.700. The molecule has 0 spiro atoms. The smallest absolute Gasteiger partial charge is 0.325 e. The van der Waals surface area contributed by atoms with Crippen LogP contribution >= 0.6 is 0 Å². The predicted molar refractivity (Wildman–Crippen MR) is 74.4 cm³/mol. The van der Waals surface area contributed by atoms with Gasteiger partial charge in [-0.2, -0.15) is 0 Å². The van der Waals surface area contributed by atoms with Gasteiger partial charge >= 0.3 is 5.97 Å². The molecular formula is C12H21N5O2. The van der Waals surface area contributed by atoms with E-state index in [1.165, 1.54) is 13.4 Å². The lowest BCUT2D eigenvalue weighted by Crippen LogP contribution is -2.27. The Hall–Kier alpha value is -1.89. The number of methoxy groups -OCH3 is 1. The van der Waals surface area contributed by atoms with Crippen molar-refractivity contribution in [3.63, 3.8) is 0 Å². The topological polar surface area (TPSA) is 70.6 Å². The van der Waals surface area contributed by atoms with Crippen LogP contribution in [-0.2, 0) is 9.53 Å². The second-order valence-corrected chi connectivity index (χ2v) is 4.42. The van der Waals surface area contributed by atoms with Crippen molar-refractivity contribution >= 4 is 17.6 Å². The fourth-order valence-corrected chi connectivity index (χ4v) is 1.40. The summed E-state index contributed by atoms with van der Waals surface area (Å²) in [6.07, 6.45) is 1.47. The Kier molecular flexibility index (Phi) is 6.01. The van der Waals surface area contributed by atoms with Gasteiger partial charge in [-0.05, 0) is 14.1 Å². The molecule has 1 aromatic heterocycles. The van der Waals surface area contributed by atoms with Crippen LogP contribution in [0.4, 0.5) is 11.6 Å². The minimum atomic E-state index is -0.303. The van der Waals surface area contributed by atoms with E-state index in [0.29, 0.717) is 5.82 Å². The van der Waals surface area contributed by atoms with Crippen LogP contribution in [0.1, 0.15) is 0 Å². The molecule has 0 saturated carbocycles. The number of rotatable bonds is 7. The number of esters is 1. The molecule has 0 radical (unpaired) electrons. The first kappa shape index (κ1) is 15.2. The summed E-state index contributed by atoms with van der Waals surface area (Å²) in [4.78, 5) is 23.3. The van der Waals surface area contributed by atoms with Gasteiger partial charge in [0.15, 0.2) is 0 Å². The van der Waals surface area contributed by atoms with Crippen LogP contribution in [0.5, 0.6) is 0 Å². The third kappa shape index (κ3) is 5.52. The van der Waals surface area contributed by atoms with Crippen molar-refractivity contribution in [3.8, 4) is 0 Å². The summed E-state index contributed by atoms with van der Waals surface area (Å²) in [5.74, 6) is 1.11. The van der Waals surface area contributed by atoms with Crippen molar-refractivity contribution in [3.05, 3.63) is 12.4 Å². The predicted octanol–water partition coefficient (Wildman–Crippen LogP) is 0.0593. The molecular weight excluding hydrogens is 246 g/mol. The zero-order chi connectivity index (χ0) is 14.3. The van der Waals surface area contributed by atoms with E-state index in [4.69, 9.17) is 0 Å². The van der Waals surface area contributed by atoms with Crippen LogP contribution in [0.2, 0.25) is 0 Å². The molecule has 1 aromatic rings. The summed E-state index contributed by atoms with van der Waals surface area (Å²) in [7, 11) is 7.17. The maximum atomic E-state index is 11.2. The summed E-state index contributed by atoms with van der Waals surface area (Å²) >= 11 is 0. The number of likely N-dealkylation sites (N-methyl/N-ethyl adjacent to an activating group) is 2. The van der Waals surface area contributed by atoms with Gasteiger partial charge in [0.2, 0.25) is 0 Å². The highest BCUT2D eigenvalue weighted by Crippen LogP contribution is 2.12. The second kappa shape index (κ2) is 7.52. The Labute approximate surface area is 113 Å². The van der Waals surface area contributed by atoms with Gasteiger partial charge in [-0.15, -0.1) is 0 Å². The highest BCUT2D eigenvalue weighted by atomic mass is 16.5. The van der Waals surface area contributed by atoms with Gasteiger partial charge in [0, 0.05) is 26.2 Å². The number of nitrogens with one attached hydrogen (secondary N) is 1. The van der Waals surface area contributed by atoms with Crippen LogP contribution in [0.15, 0.2) is 12.4 Å². The van der Waals surface area contributed by atoms with E-state index < -0.39 is 0 Å². The van der Waals surface area contributed by atoms with Crippen LogP contribution in [0, 0.1) is 0 Å². The van der Waals surface area contributed by atoms with Gasteiger partial charge in [-0.25, -0.2) is 9.97 Å². The van der Waals surface area contributed by atoms with E-state index in [1.54, 1.807) is 18.0 Å². The molecule has 0 atom stereocenters. The number of hydrogen-bond acceptors (Lipinski definition) is 7. The molecule has 0 aliphatic heterocycles. The molecule has 0 aromatic carbocycles. The summed E-state index contributed by atoms with van der Waals surface area (Å²) < 4.78 is 4.62. The van der Waals surface area contributed by atoms with E-state index in [9.17, 15) is 4.79 Å². The number of carbonyl (C=O) groups excluding carboxylic acids is 1. The van der Waals surface area contributed by atoms with Crippen LogP contribution < -0.4 is 10.2 Å². The van der Waals surface area contributed by atoms with Crippen molar-refractivity contribution in [2.75, 3.05) is 58.1 Å². The molecule has 0 fully saturated rings. The minimum Gasteiger partial charge on any atom is -0.468 e. The Balaban J connectivity index is 2.58. The first-order valence-electron chi connectivity index (χ1n) is 6.01. The highest BCUT2D eigenvalue weighted by molar-refractivity contribution is 5.75. The van der Waals surface area contributed by atoms with Gasteiger partial charge in [0.1, 0.15) is 24.5 Å². The Bertz CT molecular complexity index is 411.